The molecular weight excluding hydrogens is 390 g/mol. The Morgan fingerprint density at radius 2 is 1.90 bits per heavy atom. The van der Waals surface area contributed by atoms with E-state index in [0.29, 0.717) is 10.7 Å². The van der Waals surface area contributed by atoms with Gasteiger partial charge in [-0.3, -0.25) is 9.59 Å². The van der Waals surface area contributed by atoms with E-state index in [2.05, 4.69) is 10.4 Å². The lowest BCUT2D eigenvalue weighted by Gasteiger charge is -2.08. The molecule has 0 saturated carbocycles. The highest BCUT2D eigenvalue weighted by molar-refractivity contribution is 6.32. The third-order valence-corrected chi connectivity index (χ3v) is 4.54. The van der Waals surface area contributed by atoms with Gasteiger partial charge in [0.05, 0.1) is 19.3 Å². The van der Waals surface area contributed by atoms with Crippen LogP contribution in [0.25, 0.3) is 17.3 Å². The average Bonchev–Trinajstić information content (AvgIpc) is 2.74. The molecule has 0 fully saturated rings. The number of hydrogen-bond acceptors (Lipinski definition) is 4. The van der Waals surface area contributed by atoms with Crippen LogP contribution in [-0.2, 0) is 11.3 Å². The van der Waals surface area contributed by atoms with Crippen LogP contribution in [0.5, 0.6) is 5.75 Å². The topological polar surface area (TPSA) is 73.2 Å². The number of hydrogen-bond donors (Lipinski definition) is 1. The molecule has 1 aromatic heterocycles. The molecule has 29 heavy (non-hydrogen) atoms. The number of amides is 1. The fourth-order valence-electron chi connectivity index (χ4n) is 2.64. The second kappa shape index (κ2) is 9.71. The number of benzene rings is 2. The Bertz CT molecular complexity index is 1080. The van der Waals surface area contributed by atoms with E-state index in [-0.39, 0.29) is 24.6 Å². The molecule has 1 amide bonds. The van der Waals surface area contributed by atoms with E-state index in [1.54, 1.807) is 25.3 Å². The van der Waals surface area contributed by atoms with Gasteiger partial charge in [-0.05, 0) is 48.0 Å². The Labute approximate surface area is 173 Å². The van der Waals surface area contributed by atoms with Crippen molar-refractivity contribution in [1.29, 1.82) is 0 Å². The zero-order valence-electron chi connectivity index (χ0n) is 15.8. The number of carbonyl (C=O) groups excluding carboxylic acids is 1. The fourth-order valence-corrected chi connectivity index (χ4v) is 2.84. The minimum atomic E-state index is -0.274. The van der Waals surface area contributed by atoms with Crippen LogP contribution in [-0.4, -0.2) is 29.3 Å². The van der Waals surface area contributed by atoms with Gasteiger partial charge in [-0.15, -0.1) is 0 Å². The first kappa shape index (κ1) is 20.4. The third kappa shape index (κ3) is 5.56. The standard InChI is InChI=1S/C22H20ClN3O3/c1-29-18-9-6-17(7-10-18)20-11-13-22(28)26(25-20)15-14-24-21(27)12-8-16-4-2-3-5-19(16)23/h2-13H,14-15H2,1H3,(H,24,27)/b12-8+. The zero-order chi connectivity index (χ0) is 20.6. The molecule has 148 valence electrons. The molecule has 6 nitrogen and oxygen atoms in total. The summed E-state index contributed by atoms with van der Waals surface area (Å²) in [5.74, 6) is 0.471. The summed E-state index contributed by atoms with van der Waals surface area (Å²) in [6.07, 6.45) is 3.05. The molecule has 0 spiro atoms. The molecule has 0 radical (unpaired) electrons. The predicted octanol–water partition coefficient (Wildman–Crippen LogP) is 3.40. The molecule has 3 rings (SSSR count). The smallest absolute Gasteiger partial charge is 0.266 e. The Balaban J connectivity index is 1.61. The van der Waals surface area contributed by atoms with E-state index in [4.69, 9.17) is 16.3 Å². The van der Waals surface area contributed by atoms with Gasteiger partial charge in [0.1, 0.15) is 5.75 Å². The summed E-state index contributed by atoms with van der Waals surface area (Å²) in [4.78, 5) is 24.1. The molecule has 0 atom stereocenters. The van der Waals surface area contributed by atoms with Gasteiger partial charge in [0.25, 0.3) is 5.56 Å². The second-order valence-corrected chi connectivity index (χ2v) is 6.56. The molecular formula is C22H20ClN3O3. The Kier molecular flexibility index (Phi) is 6.81. The lowest BCUT2D eigenvalue weighted by atomic mass is 10.1. The number of methoxy groups -OCH3 is 1. The third-order valence-electron chi connectivity index (χ3n) is 4.19. The largest absolute Gasteiger partial charge is 0.497 e. The first-order valence-electron chi connectivity index (χ1n) is 9.00. The van der Waals surface area contributed by atoms with Gasteiger partial charge in [-0.2, -0.15) is 5.10 Å². The summed E-state index contributed by atoms with van der Waals surface area (Å²) >= 11 is 6.06. The molecule has 1 N–H and O–H groups in total. The van der Waals surface area contributed by atoms with Crippen molar-refractivity contribution >= 4 is 23.6 Å². The quantitative estimate of drug-likeness (QED) is 0.607. The van der Waals surface area contributed by atoms with Crippen LogP contribution >= 0.6 is 11.6 Å². The molecule has 0 aliphatic heterocycles. The van der Waals surface area contributed by atoms with Crippen LogP contribution in [0.15, 0.2) is 71.5 Å². The van der Waals surface area contributed by atoms with E-state index in [9.17, 15) is 9.59 Å². The van der Waals surface area contributed by atoms with Crippen molar-refractivity contribution in [2.45, 2.75) is 6.54 Å². The van der Waals surface area contributed by atoms with Crippen LogP contribution in [0.2, 0.25) is 5.02 Å². The molecule has 2 aromatic carbocycles. The Morgan fingerprint density at radius 1 is 1.14 bits per heavy atom. The van der Waals surface area contributed by atoms with Crippen molar-refractivity contribution < 1.29 is 9.53 Å². The van der Waals surface area contributed by atoms with Crippen LogP contribution in [0, 0.1) is 0 Å². The number of carbonyl (C=O) groups is 1. The van der Waals surface area contributed by atoms with Crippen LogP contribution < -0.4 is 15.6 Å². The van der Waals surface area contributed by atoms with Gasteiger partial charge in [0, 0.05) is 29.3 Å². The number of nitrogens with one attached hydrogen (secondary N) is 1. The minimum absolute atomic E-state index is 0.233. The highest BCUT2D eigenvalue weighted by Gasteiger charge is 2.05. The van der Waals surface area contributed by atoms with Crippen molar-refractivity contribution in [3.8, 4) is 17.0 Å². The lowest BCUT2D eigenvalue weighted by Crippen LogP contribution is -2.31. The molecule has 7 heteroatoms. The van der Waals surface area contributed by atoms with Gasteiger partial charge in [-0.25, -0.2) is 4.68 Å². The van der Waals surface area contributed by atoms with Crippen LogP contribution in [0.1, 0.15) is 5.56 Å². The highest BCUT2D eigenvalue weighted by Crippen LogP contribution is 2.19. The van der Waals surface area contributed by atoms with E-state index in [0.717, 1.165) is 16.9 Å². The van der Waals surface area contributed by atoms with Gasteiger partial charge in [-0.1, -0.05) is 29.8 Å². The van der Waals surface area contributed by atoms with Crippen LogP contribution in [0.3, 0.4) is 0 Å². The van der Waals surface area contributed by atoms with Crippen LogP contribution in [0.4, 0.5) is 0 Å². The summed E-state index contributed by atoms with van der Waals surface area (Å²) in [6, 6.07) is 17.8. The van der Waals surface area contributed by atoms with Gasteiger partial charge >= 0.3 is 0 Å². The number of halogens is 1. The molecule has 0 bridgehead atoms. The molecule has 1 heterocycles. The number of nitrogens with zero attached hydrogens (tertiary/aromatic N) is 2. The van der Waals surface area contributed by atoms with Crippen molar-refractivity contribution in [2.75, 3.05) is 13.7 Å². The first-order chi connectivity index (χ1) is 14.1. The maximum atomic E-state index is 12.1. The molecule has 0 aliphatic rings. The summed E-state index contributed by atoms with van der Waals surface area (Å²) < 4.78 is 6.48. The highest BCUT2D eigenvalue weighted by atomic mass is 35.5. The predicted molar refractivity (Wildman–Crippen MR) is 114 cm³/mol. The van der Waals surface area contributed by atoms with E-state index in [1.807, 2.05) is 42.5 Å². The monoisotopic (exact) mass is 409 g/mol. The fraction of sp³-hybridized carbons (Fsp3) is 0.136. The van der Waals surface area contributed by atoms with Crippen molar-refractivity contribution in [3.05, 3.63) is 87.7 Å². The Hall–Kier alpha value is -3.38. The summed E-state index contributed by atoms with van der Waals surface area (Å²) in [5, 5.41) is 7.69. The zero-order valence-corrected chi connectivity index (χ0v) is 16.6. The normalized spacial score (nSPS) is 10.8. The lowest BCUT2D eigenvalue weighted by molar-refractivity contribution is -0.116. The van der Waals surface area contributed by atoms with Crippen molar-refractivity contribution in [1.82, 2.24) is 15.1 Å². The molecule has 3 aromatic rings. The molecule has 0 aliphatic carbocycles. The van der Waals surface area contributed by atoms with Gasteiger partial charge in [0.15, 0.2) is 0 Å². The van der Waals surface area contributed by atoms with Gasteiger partial charge in [0.2, 0.25) is 5.91 Å². The van der Waals surface area contributed by atoms with E-state index < -0.39 is 0 Å². The summed E-state index contributed by atoms with van der Waals surface area (Å²) in [7, 11) is 1.60. The second-order valence-electron chi connectivity index (χ2n) is 6.15. The minimum Gasteiger partial charge on any atom is -0.497 e. The van der Waals surface area contributed by atoms with Crippen molar-refractivity contribution in [2.24, 2.45) is 0 Å². The number of ether oxygens (including phenoxy) is 1. The number of aromatic nitrogens is 2. The summed E-state index contributed by atoms with van der Waals surface area (Å²) in [5.41, 5.74) is 2.06. The maximum Gasteiger partial charge on any atom is 0.266 e. The molecule has 0 saturated heterocycles. The maximum absolute atomic E-state index is 12.1. The average molecular weight is 410 g/mol. The first-order valence-corrected chi connectivity index (χ1v) is 9.37. The van der Waals surface area contributed by atoms with E-state index in [1.165, 1.54) is 16.8 Å². The van der Waals surface area contributed by atoms with Gasteiger partial charge < -0.3 is 10.1 Å². The molecule has 0 unspecified atom stereocenters. The Morgan fingerprint density at radius 3 is 2.62 bits per heavy atom. The van der Waals surface area contributed by atoms with Crippen molar-refractivity contribution in [3.63, 3.8) is 0 Å². The number of rotatable bonds is 7. The van der Waals surface area contributed by atoms with E-state index >= 15 is 0 Å². The summed E-state index contributed by atoms with van der Waals surface area (Å²) in [6.45, 7) is 0.527. The SMILES string of the molecule is COc1ccc(-c2ccc(=O)n(CCNC(=O)/C=C/c3ccccc3Cl)n2)cc1.